The zero-order valence-electron chi connectivity index (χ0n) is 19.2. The van der Waals surface area contributed by atoms with E-state index in [9.17, 15) is 8.42 Å². The number of H-pyrrole nitrogens is 1. The molecule has 0 spiro atoms. The third-order valence-electron chi connectivity index (χ3n) is 4.11. The van der Waals surface area contributed by atoms with Crippen molar-refractivity contribution in [2.45, 2.75) is 34.1 Å². The highest BCUT2D eigenvalue weighted by molar-refractivity contribution is 7.92. The molecule has 4 aromatic rings. The summed E-state index contributed by atoms with van der Waals surface area (Å²) in [6, 6.07) is 22.7. The maximum atomic E-state index is 11.4. The number of fused-ring (bicyclic) bond motifs is 1. The van der Waals surface area contributed by atoms with Gasteiger partial charge in [-0.1, -0.05) is 58.0 Å². The molecule has 1 aromatic heterocycles. The summed E-state index contributed by atoms with van der Waals surface area (Å²) in [5.41, 5.74) is 3.17. The summed E-state index contributed by atoms with van der Waals surface area (Å²) in [6.45, 7) is 8.00. The molecule has 0 saturated heterocycles. The van der Waals surface area contributed by atoms with Crippen molar-refractivity contribution in [3.63, 3.8) is 0 Å². The molecule has 0 amide bonds. The van der Waals surface area contributed by atoms with Crippen LogP contribution in [0, 0.1) is 0 Å². The van der Waals surface area contributed by atoms with Crippen LogP contribution in [0.3, 0.4) is 0 Å². The van der Waals surface area contributed by atoms with E-state index >= 15 is 0 Å². The molecule has 0 atom stereocenters. The number of hydrogen-bond donors (Lipinski definition) is 2. The van der Waals surface area contributed by atoms with Crippen LogP contribution in [-0.2, 0) is 16.4 Å². The summed E-state index contributed by atoms with van der Waals surface area (Å²) in [6.07, 6.45) is 1.76. The van der Waals surface area contributed by atoms with Crippen molar-refractivity contribution < 1.29 is 13.2 Å². The largest absolute Gasteiger partial charge is 0.457 e. The highest BCUT2D eigenvalue weighted by atomic mass is 32.2. The number of anilines is 1. The second-order valence-corrected chi connectivity index (χ2v) is 8.27. The molecule has 2 N–H and O–H groups in total. The van der Waals surface area contributed by atoms with Crippen LogP contribution < -0.4 is 9.46 Å². The minimum atomic E-state index is -3.31. The third kappa shape index (κ3) is 7.42. The Kier molecular flexibility index (Phi) is 9.28. The number of hydrogen-bond acceptors (Lipinski definition) is 4. The lowest BCUT2D eigenvalue weighted by molar-refractivity contribution is 0.482. The molecule has 0 aliphatic rings. The summed E-state index contributed by atoms with van der Waals surface area (Å²) < 4.78 is 31.0. The van der Waals surface area contributed by atoms with E-state index in [0.29, 0.717) is 12.1 Å². The van der Waals surface area contributed by atoms with Crippen molar-refractivity contribution in [3.8, 4) is 11.5 Å². The highest BCUT2D eigenvalue weighted by Crippen LogP contribution is 2.23. The van der Waals surface area contributed by atoms with E-state index < -0.39 is 10.0 Å². The Bertz CT molecular complexity index is 1200. The number of imidazole rings is 1. The van der Waals surface area contributed by atoms with Crippen LogP contribution in [0.25, 0.3) is 11.0 Å². The molecule has 0 bridgehead atoms. The van der Waals surface area contributed by atoms with Crippen molar-refractivity contribution in [1.29, 1.82) is 0 Å². The first-order valence-electron chi connectivity index (χ1n) is 10.7. The van der Waals surface area contributed by atoms with Crippen molar-refractivity contribution >= 4 is 26.7 Å². The van der Waals surface area contributed by atoms with Crippen LogP contribution in [0.4, 0.5) is 5.69 Å². The van der Waals surface area contributed by atoms with Gasteiger partial charge in [0.25, 0.3) is 0 Å². The molecule has 4 rings (SSSR count). The van der Waals surface area contributed by atoms with Crippen LogP contribution in [0.1, 0.15) is 39.1 Å². The summed E-state index contributed by atoms with van der Waals surface area (Å²) in [7, 11) is -3.31. The van der Waals surface area contributed by atoms with Crippen LogP contribution in [0.2, 0.25) is 0 Å². The number of aromatic amines is 1. The topological polar surface area (TPSA) is 84.1 Å². The SMILES string of the molecule is CC.CC.CS(=O)(=O)Nc1ccc2nc(Cc3ccc(Oc4ccccc4)cc3)[nH]c2c1. The Labute approximate surface area is 190 Å². The van der Waals surface area contributed by atoms with Crippen LogP contribution in [0.5, 0.6) is 11.5 Å². The Morgan fingerprint density at radius 3 is 2.12 bits per heavy atom. The molecular formula is C25H31N3O3S. The van der Waals surface area contributed by atoms with Crippen molar-refractivity contribution in [1.82, 2.24) is 9.97 Å². The van der Waals surface area contributed by atoms with Crippen molar-refractivity contribution in [2.24, 2.45) is 0 Å². The van der Waals surface area contributed by atoms with E-state index in [-0.39, 0.29) is 0 Å². The predicted octanol–water partition coefficient (Wildman–Crippen LogP) is 6.37. The molecule has 0 radical (unpaired) electrons. The maximum Gasteiger partial charge on any atom is 0.229 e. The fourth-order valence-electron chi connectivity index (χ4n) is 2.92. The van der Waals surface area contributed by atoms with Gasteiger partial charge in [0.1, 0.15) is 17.3 Å². The average Bonchev–Trinajstić information content (AvgIpc) is 3.19. The van der Waals surface area contributed by atoms with E-state index in [1.807, 2.05) is 82.3 Å². The first-order valence-corrected chi connectivity index (χ1v) is 12.6. The Balaban J connectivity index is 0.000000860. The monoisotopic (exact) mass is 453 g/mol. The van der Waals surface area contributed by atoms with Gasteiger partial charge in [-0.25, -0.2) is 13.4 Å². The number of benzene rings is 3. The van der Waals surface area contributed by atoms with Gasteiger partial charge in [0.2, 0.25) is 10.0 Å². The summed E-state index contributed by atoms with van der Waals surface area (Å²) >= 11 is 0. The lowest BCUT2D eigenvalue weighted by Crippen LogP contribution is -2.09. The molecule has 170 valence electrons. The normalized spacial score (nSPS) is 10.4. The maximum absolute atomic E-state index is 11.4. The molecular weight excluding hydrogens is 422 g/mol. The van der Waals surface area contributed by atoms with E-state index in [4.69, 9.17) is 4.74 Å². The van der Waals surface area contributed by atoms with Crippen molar-refractivity contribution in [3.05, 3.63) is 84.2 Å². The fourth-order valence-corrected chi connectivity index (χ4v) is 3.47. The van der Waals surface area contributed by atoms with Gasteiger partial charge in [-0.2, -0.15) is 0 Å². The van der Waals surface area contributed by atoms with Gasteiger partial charge in [-0.3, -0.25) is 4.72 Å². The van der Waals surface area contributed by atoms with Gasteiger partial charge in [-0.05, 0) is 48.0 Å². The second kappa shape index (κ2) is 11.9. The van der Waals surface area contributed by atoms with E-state index in [1.165, 1.54) is 0 Å². The van der Waals surface area contributed by atoms with Gasteiger partial charge in [0.05, 0.1) is 23.0 Å². The standard InChI is InChI=1S/C21H19N3O3S.2C2H6/c1-28(25,26)24-16-9-12-19-20(14-16)23-21(22-19)13-15-7-10-18(11-8-15)27-17-5-3-2-4-6-17;2*1-2/h2-12,14,24H,13H2,1H3,(H,22,23);2*1-2H3. The quantitative estimate of drug-likeness (QED) is 0.355. The van der Waals surface area contributed by atoms with Crippen molar-refractivity contribution in [2.75, 3.05) is 11.0 Å². The summed E-state index contributed by atoms with van der Waals surface area (Å²) in [4.78, 5) is 7.82. The molecule has 0 unspecified atom stereocenters. The lowest BCUT2D eigenvalue weighted by Gasteiger charge is -2.06. The zero-order chi connectivity index (χ0) is 23.6. The summed E-state index contributed by atoms with van der Waals surface area (Å²) in [5, 5.41) is 0. The van der Waals surface area contributed by atoms with Gasteiger partial charge in [-0.15, -0.1) is 0 Å². The first kappa shape index (κ1) is 24.9. The number of para-hydroxylation sites is 1. The van der Waals surface area contributed by atoms with Gasteiger partial charge in [0, 0.05) is 6.42 Å². The van der Waals surface area contributed by atoms with Crippen LogP contribution in [-0.4, -0.2) is 24.6 Å². The van der Waals surface area contributed by atoms with Crippen LogP contribution >= 0.6 is 0 Å². The average molecular weight is 454 g/mol. The minimum Gasteiger partial charge on any atom is -0.457 e. The first-order chi connectivity index (χ1) is 15.4. The van der Waals surface area contributed by atoms with E-state index in [2.05, 4.69) is 14.7 Å². The molecule has 0 aliphatic heterocycles. The molecule has 0 aliphatic carbocycles. The number of rotatable bonds is 6. The molecule has 7 heteroatoms. The number of sulfonamides is 1. The molecule has 0 fully saturated rings. The fraction of sp³-hybridized carbons (Fsp3) is 0.240. The number of aromatic nitrogens is 2. The van der Waals surface area contributed by atoms with E-state index in [1.54, 1.807) is 18.2 Å². The van der Waals surface area contributed by atoms with Gasteiger partial charge >= 0.3 is 0 Å². The van der Waals surface area contributed by atoms with Crippen LogP contribution in [0.15, 0.2) is 72.8 Å². The second-order valence-electron chi connectivity index (χ2n) is 6.53. The molecule has 0 saturated carbocycles. The highest BCUT2D eigenvalue weighted by Gasteiger charge is 2.07. The molecule has 1 heterocycles. The zero-order valence-corrected chi connectivity index (χ0v) is 20.0. The third-order valence-corrected chi connectivity index (χ3v) is 4.71. The van der Waals surface area contributed by atoms with Gasteiger partial charge < -0.3 is 9.72 Å². The number of nitrogens with zero attached hydrogens (tertiary/aromatic N) is 1. The minimum absolute atomic E-state index is 0.507. The number of nitrogens with one attached hydrogen (secondary N) is 2. The Hall–Kier alpha value is -3.32. The smallest absolute Gasteiger partial charge is 0.229 e. The Morgan fingerprint density at radius 2 is 1.50 bits per heavy atom. The number of ether oxygens (including phenoxy) is 1. The van der Waals surface area contributed by atoms with E-state index in [0.717, 1.165) is 40.2 Å². The molecule has 32 heavy (non-hydrogen) atoms. The molecule has 6 nitrogen and oxygen atoms in total. The molecule has 3 aromatic carbocycles. The lowest BCUT2D eigenvalue weighted by atomic mass is 10.1. The van der Waals surface area contributed by atoms with Gasteiger partial charge in [0.15, 0.2) is 0 Å². The Morgan fingerprint density at radius 1 is 0.875 bits per heavy atom. The predicted molar refractivity (Wildman–Crippen MR) is 133 cm³/mol. The summed E-state index contributed by atoms with van der Waals surface area (Å²) in [5.74, 6) is 2.38.